The maximum atomic E-state index is 12.3. The summed E-state index contributed by atoms with van der Waals surface area (Å²) in [5, 5.41) is 0.595. The summed E-state index contributed by atoms with van der Waals surface area (Å²) in [5.74, 6) is 2.09. The molecular formula is C15H21NO2S. The molecule has 0 aromatic heterocycles. The van der Waals surface area contributed by atoms with E-state index in [9.17, 15) is 4.79 Å². The first kappa shape index (κ1) is 14.4. The minimum absolute atomic E-state index is 0.189. The third kappa shape index (κ3) is 3.51. The van der Waals surface area contributed by atoms with Gasteiger partial charge in [0.15, 0.2) is 5.78 Å². The first-order chi connectivity index (χ1) is 9.11. The van der Waals surface area contributed by atoms with Gasteiger partial charge in [-0.15, -0.1) is 0 Å². The number of Topliss-reactive ketones (excluding diaryl/α,β-unsaturated/α-hetero) is 1. The predicted octanol–water partition coefficient (Wildman–Crippen LogP) is 2.70. The highest BCUT2D eigenvalue weighted by Crippen LogP contribution is 2.24. The number of ether oxygens (including phenoxy) is 1. The summed E-state index contributed by atoms with van der Waals surface area (Å²) in [7, 11) is 1.63. The maximum absolute atomic E-state index is 12.3. The molecule has 1 aromatic carbocycles. The number of benzene rings is 1. The lowest BCUT2D eigenvalue weighted by Crippen LogP contribution is -2.46. The molecule has 3 nitrogen and oxygen atoms in total. The molecule has 1 saturated heterocycles. The van der Waals surface area contributed by atoms with Gasteiger partial charge in [0, 0.05) is 29.2 Å². The monoisotopic (exact) mass is 279 g/mol. The van der Waals surface area contributed by atoms with Gasteiger partial charge in [-0.1, -0.05) is 6.92 Å². The lowest BCUT2D eigenvalue weighted by Gasteiger charge is -2.36. The number of methoxy groups -OCH3 is 1. The summed E-state index contributed by atoms with van der Waals surface area (Å²) >= 11 is 1.99. The molecule has 1 aromatic rings. The van der Waals surface area contributed by atoms with Gasteiger partial charge in [-0.3, -0.25) is 9.69 Å². The Morgan fingerprint density at radius 1 is 1.37 bits per heavy atom. The fourth-order valence-electron chi connectivity index (χ4n) is 2.27. The van der Waals surface area contributed by atoms with Gasteiger partial charge in [0.05, 0.1) is 13.7 Å². The van der Waals surface area contributed by atoms with Crippen molar-refractivity contribution in [3.8, 4) is 5.75 Å². The molecule has 2 unspecified atom stereocenters. The normalized spacial score (nSPS) is 24.2. The number of rotatable bonds is 4. The summed E-state index contributed by atoms with van der Waals surface area (Å²) in [5.41, 5.74) is 0.763. The third-order valence-corrected chi connectivity index (χ3v) is 5.11. The van der Waals surface area contributed by atoms with Gasteiger partial charge in [0.2, 0.25) is 0 Å². The zero-order chi connectivity index (χ0) is 13.8. The molecule has 1 aliphatic rings. The standard InChI is InChI=1S/C15H21NO2S/c1-11-12(2)19-9-8-16(11)10-15(17)13-4-6-14(18-3)7-5-13/h4-7,11-12H,8-10H2,1-3H3. The molecule has 2 atom stereocenters. The number of hydrogen-bond acceptors (Lipinski definition) is 4. The van der Waals surface area contributed by atoms with Crippen molar-refractivity contribution >= 4 is 17.5 Å². The second-order valence-corrected chi connectivity index (χ2v) is 6.42. The van der Waals surface area contributed by atoms with E-state index in [-0.39, 0.29) is 5.78 Å². The Hall–Kier alpha value is -1.00. The Kier molecular flexibility index (Phi) is 4.88. The Morgan fingerprint density at radius 3 is 2.68 bits per heavy atom. The van der Waals surface area contributed by atoms with E-state index in [1.54, 1.807) is 7.11 Å². The van der Waals surface area contributed by atoms with E-state index in [2.05, 4.69) is 18.7 Å². The molecule has 2 rings (SSSR count). The molecule has 104 valence electrons. The van der Waals surface area contributed by atoms with Crippen LogP contribution in [0.2, 0.25) is 0 Å². The van der Waals surface area contributed by atoms with E-state index in [0.717, 1.165) is 23.6 Å². The molecule has 1 heterocycles. The van der Waals surface area contributed by atoms with Gasteiger partial charge in [-0.2, -0.15) is 11.8 Å². The van der Waals surface area contributed by atoms with E-state index in [1.165, 1.54) is 0 Å². The average molecular weight is 279 g/mol. The Labute approximate surface area is 119 Å². The van der Waals surface area contributed by atoms with Crippen molar-refractivity contribution in [3.05, 3.63) is 29.8 Å². The molecule has 19 heavy (non-hydrogen) atoms. The highest BCUT2D eigenvalue weighted by Gasteiger charge is 2.26. The highest BCUT2D eigenvalue weighted by atomic mass is 32.2. The Bertz CT molecular complexity index is 432. The summed E-state index contributed by atoms with van der Waals surface area (Å²) in [6.07, 6.45) is 0. The van der Waals surface area contributed by atoms with Crippen molar-refractivity contribution < 1.29 is 9.53 Å². The molecule has 0 spiro atoms. The van der Waals surface area contributed by atoms with Gasteiger partial charge < -0.3 is 4.74 Å². The van der Waals surface area contributed by atoms with Crippen LogP contribution in [0.4, 0.5) is 0 Å². The molecule has 0 saturated carbocycles. The maximum Gasteiger partial charge on any atom is 0.176 e. The van der Waals surface area contributed by atoms with Crippen LogP contribution in [0.15, 0.2) is 24.3 Å². The Morgan fingerprint density at radius 2 is 2.05 bits per heavy atom. The van der Waals surface area contributed by atoms with Crippen LogP contribution in [-0.4, -0.2) is 47.9 Å². The van der Waals surface area contributed by atoms with Crippen molar-refractivity contribution in [3.63, 3.8) is 0 Å². The number of ketones is 1. The number of carbonyl (C=O) groups excluding carboxylic acids is 1. The summed E-state index contributed by atoms with van der Waals surface area (Å²) in [6, 6.07) is 7.82. The smallest absolute Gasteiger partial charge is 0.176 e. The summed E-state index contributed by atoms with van der Waals surface area (Å²) in [6.45, 7) is 5.95. The fraction of sp³-hybridized carbons (Fsp3) is 0.533. The first-order valence-corrected chi connectivity index (χ1v) is 7.69. The zero-order valence-corrected chi connectivity index (χ0v) is 12.6. The molecule has 0 bridgehead atoms. The van der Waals surface area contributed by atoms with Crippen LogP contribution in [-0.2, 0) is 0 Å². The Balaban J connectivity index is 1.99. The molecule has 1 aliphatic heterocycles. The SMILES string of the molecule is COc1ccc(C(=O)CN2CCSC(C)C2C)cc1. The van der Waals surface area contributed by atoms with Crippen molar-refractivity contribution in [2.75, 3.05) is 26.0 Å². The van der Waals surface area contributed by atoms with E-state index in [1.807, 2.05) is 36.0 Å². The second-order valence-electron chi connectivity index (χ2n) is 4.94. The van der Waals surface area contributed by atoms with Crippen LogP contribution in [0, 0.1) is 0 Å². The molecule has 0 N–H and O–H groups in total. The number of carbonyl (C=O) groups is 1. The lowest BCUT2D eigenvalue weighted by molar-refractivity contribution is 0.0902. The zero-order valence-electron chi connectivity index (χ0n) is 11.8. The minimum atomic E-state index is 0.189. The van der Waals surface area contributed by atoms with Crippen LogP contribution < -0.4 is 4.74 Å². The molecule has 0 amide bonds. The summed E-state index contributed by atoms with van der Waals surface area (Å²) in [4.78, 5) is 14.6. The highest BCUT2D eigenvalue weighted by molar-refractivity contribution is 8.00. The van der Waals surface area contributed by atoms with Crippen LogP contribution in [0.3, 0.4) is 0 Å². The summed E-state index contributed by atoms with van der Waals surface area (Å²) < 4.78 is 5.11. The number of thioether (sulfide) groups is 1. The molecule has 4 heteroatoms. The first-order valence-electron chi connectivity index (χ1n) is 6.64. The largest absolute Gasteiger partial charge is 0.497 e. The van der Waals surface area contributed by atoms with Crippen molar-refractivity contribution in [1.82, 2.24) is 4.90 Å². The van der Waals surface area contributed by atoms with Crippen LogP contribution >= 0.6 is 11.8 Å². The van der Waals surface area contributed by atoms with Gasteiger partial charge in [0.25, 0.3) is 0 Å². The third-order valence-electron chi connectivity index (χ3n) is 3.77. The topological polar surface area (TPSA) is 29.5 Å². The minimum Gasteiger partial charge on any atom is -0.497 e. The van der Waals surface area contributed by atoms with E-state index < -0.39 is 0 Å². The van der Waals surface area contributed by atoms with Gasteiger partial charge >= 0.3 is 0 Å². The van der Waals surface area contributed by atoms with Gasteiger partial charge in [-0.25, -0.2) is 0 Å². The van der Waals surface area contributed by atoms with Gasteiger partial charge in [0.1, 0.15) is 5.75 Å². The van der Waals surface area contributed by atoms with E-state index >= 15 is 0 Å². The van der Waals surface area contributed by atoms with Crippen molar-refractivity contribution in [2.24, 2.45) is 0 Å². The predicted molar refractivity (Wildman–Crippen MR) is 80.3 cm³/mol. The number of nitrogens with zero attached hydrogens (tertiary/aromatic N) is 1. The van der Waals surface area contributed by atoms with Crippen molar-refractivity contribution in [1.29, 1.82) is 0 Å². The molecular weight excluding hydrogens is 258 g/mol. The van der Waals surface area contributed by atoms with Crippen LogP contribution in [0.1, 0.15) is 24.2 Å². The fourth-order valence-corrected chi connectivity index (χ4v) is 3.43. The van der Waals surface area contributed by atoms with Crippen molar-refractivity contribution in [2.45, 2.75) is 25.1 Å². The number of hydrogen-bond donors (Lipinski definition) is 0. The molecule has 0 aliphatic carbocycles. The molecule has 1 fully saturated rings. The lowest BCUT2D eigenvalue weighted by atomic mass is 10.1. The van der Waals surface area contributed by atoms with Crippen LogP contribution in [0.25, 0.3) is 0 Å². The quantitative estimate of drug-likeness (QED) is 0.793. The van der Waals surface area contributed by atoms with E-state index in [4.69, 9.17) is 4.74 Å². The van der Waals surface area contributed by atoms with E-state index in [0.29, 0.717) is 17.8 Å². The molecule has 0 radical (unpaired) electrons. The van der Waals surface area contributed by atoms with Gasteiger partial charge in [-0.05, 0) is 31.2 Å². The second kappa shape index (κ2) is 6.44. The average Bonchev–Trinajstić information content (AvgIpc) is 2.44. The van der Waals surface area contributed by atoms with Crippen LogP contribution in [0.5, 0.6) is 5.75 Å².